The number of amides is 1. The highest BCUT2D eigenvalue weighted by Gasteiger charge is 2.09. The Morgan fingerprint density at radius 3 is 2.80 bits per heavy atom. The molecule has 20 heavy (non-hydrogen) atoms. The number of carbonyl (C=O) groups excluding carboxylic acids is 1. The number of hydrogen-bond donors (Lipinski definition) is 2. The first kappa shape index (κ1) is 16.7. The summed E-state index contributed by atoms with van der Waals surface area (Å²) in [5, 5.41) is 2.81. The van der Waals surface area contributed by atoms with Crippen LogP contribution in [0.5, 0.6) is 5.75 Å². The third kappa shape index (κ3) is 6.16. The van der Waals surface area contributed by atoms with Crippen LogP contribution in [0, 0.1) is 0 Å². The summed E-state index contributed by atoms with van der Waals surface area (Å²) in [6.45, 7) is 2.21. The molecule has 3 N–H and O–H groups in total. The fourth-order valence-corrected chi connectivity index (χ4v) is 2.37. The number of hydrogen-bond acceptors (Lipinski definition) is 4. The number of ether oxygens (including phenoxy) is 1. The lowest BCUT2D eigenvalue weighted by molar-refractivity contribution is -0.123. The maximum absolute atomic E-state index is 11.7. The number of para-hydroxylation sites is 1. The Morgan fingerprint density at radius 2 is 2.15 bits per heavy atom. The summed E-state index contributed by atoms with van der Waals surface area (Å²) in [5.74, 6) is 1.02. The van der Waals surface area contributed by atoms with Gasteiger partial charge in [-0.15, -0.1) is 0 Å². The monoisotopic (exact) mass is 298 g/mol. The van der Waals surface area contributed by atoms with Crippen molar-refractivity contribution in [2.24, 2.45) is 5.73 Å². The van der Waals surface area contributed by atoms with E-state index in [0.29, 0.717) is 24.5 Å². The van der Waals surface area contributed by atoms with Crippen molar-refractivity contribution in [3.63, 3.8) is 0 Å². The Hall–Kier alpha value is -1.40. The standard InChI is InChI=1S/C14H22N2O3S/c1-11(7-8-20(2)18)16-14(17)10-19-13-6-4-3-5-12(13)9-15/h3-6,11H,7-10,15H2,1-2H3,(H,16,17). The summed E-state index contributed by atoms with van der Waals surface area (Å²) >= 11 is 0. The lowest BCUT2D eigenvalue weighted by Gasteiger charge is -2.14. The van der Waals surface area contributed by atoms with Crippen molar-refractivity contribution in [2.45, 2.75) is 25.9 Å². The van der Waals surface area contributed by atoms with E-state index < -0.39 is 10.8 Å². The van der Waals surface area contributed by atoms with Gasteiger partial charge in [0.2, 0.25) is 0 Å². The Labute approximate surface area is 122 Å². The summed E-state index contributed by atoms with van der Waals surface area (Å²) in [6.07, 6.45) is 2.34. The Morgan fingerprint density at radius 1 is 1.45 bits per heavy atom. The first-order valence-corrected chi connectivity index (χ1v) is 8.25. The molecule has 5 nitrogen and oxygen atoms in total. The van der Waals surface area contributed by atoms with E-state index in [0.717, 1.165) is 5.56 Å². The van der Waals surface area contributed by atoms with Crippen molar-refractivity contribution in [1.29, 1.82) is 0 Å². The van der Waals surface area contributed by atoms with Gasteiger partial charge in [0, 0.05) is 41.0 Å². The summed E-state index contributed by atoms with van der Waals surface area (Å²) in [5.41, 5.74) is 6.47. The highest BCUT2D eigenvalue weighted by molar-refractivity contribution is 7.84. The van der Waals surface area contributed by atoms with E-state index >= 15 is 0 Å². The highest BCUT2D eigenvalue weighted by Crippen LogP contribution is 2.16. The SMILES string of the molecule is CC(CCS(C)=O)NC(=O)COc1ccccc1CN. The van der Waals surface area contributed by atoms with Gasteiger partial charge in [-0.2, -0.15) is 0 Å². The van der Waals surface area contributed by atoms with E-state index in [1.165, 1.54) is 0 Å². The third-order valence-corrected chi connectivity index (χ3v) is 3.61. The third-order valence-electron chi connectivity index (χ3n) is 2.80. The molecule has 0 spiro atoms. The van der Waals surface area contributed by atoms with E-state index in [-0.39, 0.29) is 18.6 Å². The van der Waals surface area contributed by atoms with Crippen LogP contribution >= 0.6 is 0 Å². The quantitative estimate of drug-likeness (QED) is 0.744. The molecule has 0 fully saturated rings. The smallest absolute Gasteiger partial charge is 0.258 e. The van der Waals surface area contributed by atoms with Crippen LogP contribution in [0.25, 0.3) is 0 Å². The minimum absolute atomic E-state index is 0.0141. The topological polar surface area (TPSA) is 81.4 Å². The Bertz CT molecular complexity index is 465. The zero-order chi connectivity index (χ0) is 15.0. The molecule has 0 aliphatic heterocycles. The summed E-state index contributed by atoms with van der Waals surface area (Å²) in [7, 11) is -0.835. The molecule has 1 amide bonds. The molecule has 0 heterocycles. The van der Waals surface area contributed by atoms with Gasteiger partial charge in [-0.05, 0) is 19.4 Å². The number of carbonyl (C=O) groups is 1. The van der Waals surface area contributed by atoms with Crippen LogP contribution < -0.4 is 15.8 Å². The lowest BCUT2D eigenvalue weighted by atomic mass is 10.2. The van der Waals surface area contributed by atoms with Crippen molar-refractivity contribution < 1.29 is 13.7 Å². The van der Waals surface area contributed by atoms with E-state index in [4.69, 9.17) is 10.5 Å². The van der Waals surface area contributed by atoms with E-state index in [1.807, 2.05) is 25.1 Å². The predicted octanol–water partition coefficient (Wildman–Crippen LogP) is 0.797. The molecule has 0 aromatic heterocycles. The Balaban J connectivity index is 2.37. The predicted molar refractivity (Wildman–Crippen MR) is 81.0 cm³/mol. The van der Waals surface area contributed by atoms with Gasteiger partial charge < -0.3 is 15.8 Å². The second kappa shape index (κ2) is 8.71. The maximum Gasteiger partial charge on any atom is 0.258 e. The van der Waals surface area contributed by atoms with Crippen LogP contribution in [0.1, 0.15) is 18.9 Å². The number of nitrogens with two attached hydrogens (primary N) is 1. The van der Waals surface area contributed by atoms with E-state index in [1.54, 1.807) is 12.3 Å². The van der Waals surface area contributed by atoms with Gasteiger partial charge in [0.25, 0.3) is 5.91 Å². The molecule has 2 unspecified atom stereocenters. The van der Waals surface area contributed by atoms with E-state index in [9.17, 15) is 9.00 Å². The molecule has 0 saturated carbocycles. The molecule has 0 bridgehead atoms. The van der Waals surface area contributed by atoms with Crippen LogP contribution in [-0.4, -0.2) is 34.8 Å². The Kier molecular flexibility index (Phi) is 7.25. The second-order valence-electron chi connectivity index (χ2n) is 4.64. The first-order valence-electron chi connectivity index (χ1n) is 6.53. The molecular formula is C14H22N2O3S. The van der Waals surface area contributed by atoms with Gasteiger partial charge in [0.1, 0.15) is 5.75 Å². The molecule has 0 aliphatic rings. The van der Waals surface area contributed by atoms with Crippen molar-refractivity contribution in [2.75, 3.05) is 18.6 Å². The lowest BCUT2D eigenvalue weighted by Crippen LogP contribution is -2.36. The number of benzene rings is 1. The van der Waals surface area contributed by atoms with Crippen LogP contribution in [0.3, 0.4) is 0 Å². The van der Waals surface area contributed by atoms with Gasteiger partial charge in [-0.3, -0.25) is 9.00 Å². The fraction of sp³-hybridized carbons (Fsp3) is 0.500. The molecule has 0 aliphatic carbocycles. The average molecular weight is 298 g/mol. The van der Waals surface area contributed by atoms with Crippen molar-refractivity contribution >= 4 is 16.7 Å². The van der Waals surface area contributed by atoms with Gasteiger partial charge >= 0.3 is 0 Å². The molecular weight excluding hydrogens is 276 g/mol. The fourth-order valence-electron chi connectivity index (χ4n) is 1.69. The van der Waals surface area contributed by atoms with Crippen LogP contribution in [0.15, 0.2) is 24.3 Å². The van der Waals surface area contributed by atoms with E-state index in [2.05, 4.69) is 5.32 Å². The minimum Gasteiger partial charge on any atom is -0.483 e. The van der Waals surface area contributed by atoms with Gasteiger partial charge in [-0.25, -0.2) is 0 Å². The van der Waals surface area contributed by atoms with Crippen molar-refractivity contribution in [1.82, 2.24) is 5.32 Å². The molecule has 0 saturated heterocycles. The minimum atomic E-state index is -0.835. The number of rotatable bonds is 8. The summed E-state index contributed by atoms with van der Waals surface area (Å²) in [4.78, 5) is 11.7. The zero-order valence-corrected chi connectivity index (χ0v) is 12.7. The van der Waals surface area contributed by atoms with Crippen molar-refractivity contribution in [3.8, 4) is 5.75 Å². The second-order valence-corrected chi connectivity index (χ2v) is 6.19. The number of nitrogens with one attached hydrogen (secondary N) is 1. The maximum atomic E-state index is 11.7. The zero-order valence-electron chi connectivity index (χ0n) is 11.9. The van der Waals surface area contributed by atoms with Crippen LogP contribution in [-0.2, 0) is 22.1 Å². The summed E-state index contributed by atoms with van der Waals surface area (Å²) < 4.78 is 16.4. The van der Waals surface area contributed by atoms with Gasteiger partial charge in [0.15, 0.2) is 6.61 Å². The first-order chi connectivity index (χ1) is 9.52. The summed E-state index contributed by atoms with van der Waals surface area (Å²) in [6, 6.07) is 7.36. The molecule has 6 heteroatoms. The van der Waals surface area contributed by atoms with Crippen LogP contribution in [0.2, 0.25) is 0 Å². The molecule has 1 rings (SSSR count). The molecule has 1 aromatic rings. The van der Waals surface area contributed by atoms with Crippen LogP contribution in [0.4, 0.5) is 0 Å². The molecule has 112 valence electrons. The van der Waals surface area contributed by atoms with Gasteiger partial charge in [0.05, 0.1) is 0 Å². The molecule has 1 aromatic carbocycles. The molecule has 0 radical (unpaired) electrons. The highest BCUT2D eigenvalue weighted by atomic mass is 32.2. The average Bonchev–Trinajstić information content (AvgIpc) is 2.43. The largest absolute Gasteiger partial charge is 0.483 e. The van der Waals surface area contributed by atoms with Gasteiger partial charge in [-0.1, -0.05) is 18.2 Å². The molecule has 2 atom stereocenters. The van der Waals surface area contributed by atoms with Crippen molar-refractivity contribution in [3.05, 3.63) is 29.8 Å². The normalized spacial score (nSPS) is 13.6.